The van der Waals surface area contributed by atoms with E-state index in [0.717, 1.165) is 6.54 Å². The predicted octanol–water partition coefficient (Wildman–Crippen LogP) is -0.729. The highest BCUT2D eigenvalue weighted by Gasteiger charge is 1.97. The van der Waals surface area contributed by atoms with E-state index in [-0.39, 0.29) is 0 Å². The molecule has 0 aliphatic heterocycles. The Morgan fingerprint density at radius 1 is 1.67 bits per heavy atom. The lowest BCUT2D eigenvalue weighted by atomic mass is 10.6. The molecule has 2 N–H and O–H groups in total. The predicted molar refractivity (Wildman–Crippen MR) is 34.7 cm³/mol. The van der Waals surface area contributed by atoms with Crippen LogP contribution in [0.1, 0.15) is 0 Å². The summed E-state index contributed by atoms with van der Waals surface area (Å²) < 4.78 is 4.06. The van der Waals surface area contributed by atoms with E-state index in [2.05, 4.69) is 4.68 Å². The molecule has 3 heteroatoms. The smallest absolute Gasteiger partial charge is 0.195 e. The van der Waals surface area contributed by atoms with Crippen molar-refractivity contribution in [2.24, 2.45) is 12.8 Å². The van der Waals surface area contributed by atoms with Crippen molar-refractivity contribution in [3.63, 3.8) is 0 Å². The molecule has 1 heterocycles. The summed E-state index contributed by atoms with van der Waals surface area (Å²) >= 11 is 0. The van der Waals surface area contributed by atoms with Crippen LogP contribution >= 0.6 is 0 Å². The van der Waals surface area contributed by atoms with E-state index in [1.807, 2.05) is 30.2 Å². The van der Waals surface area contributed by atoms with Gasteiger partial charge in [-0.1, -0.05) is 0 Å². The van der Waals surface area contributed by atoms with Gasteiger partial charge in [-0.15, -0.1) is 4.68 Å². The molecule has 1 rings (SSSR count). The molecule has 0 saturated heterocycles. The number of nitrogens with zero attached hydrogens (tertiary/aromatic N) is 2. The van der Waals surface area contributed by atoms with Crippen LogP contribution in [0.2, 0.25) is 0 Å². The minimum atomic E-state index is 0.697. The summed E-state index contributed by atoms with van der Waals surface area (Å²) in [4.78, 5) is 0. The van der Waals surface area contributed by atoms with Gasteiger partial charge >= 0.3 is 0 Å². The quantitative estimate of drug-likeness (QED) is 0.521. The van der Waals surface area contributed by atoms with Crippen LogP contribution in [0.15, 0.2) is 18.5 Å². The first-order valence-corrected chi connectivity index (χ1v) is 3.05. The van der Waals surface area contributed by atoms with E-state index >= 15 is 0 Å². The number of aryl methyl sites for hydroxylation is 1. The summed E-state index contributed by atoms with van der Waals surface area (Å²) in [6.07, 6.45) is 4.00. The Kier molecular flexibility index (Phi) is 1.85. The molecule has 0 amide bonds. The summed E-state index contributed by atoms with van der Waals surface area (Å²) in [5, 5.41) is 0. The Morgan fingerprint density at radius 3 is 2.89 bits per heavy atom. The SMILES string of the molecule is C[n+]1cccn1CCN. The maximum atomic E-state index is 5.35. The Hall–Kier alpha value is -0.830. The highest BCUT2D eigenvalue weighted by Crippen LogP contribution is 1.77. The van der Waals surface area contributed by atoms with Gasteiger partial charge in [0.05, 0.1) is 12.7 Å². The normalized spacial score (nSPS) is 10.0. The first-order valence-electron chi connectivity index (χ1n) is 3.05. The van der Waals surface area contributed by atoms with Gasteiger partial charge in [0.25, 0.3) is 0 Å². The zero-order valence-electron chi connectivity index (χ0n) is 5.62. The lowest BCUT2D eigenvalue weighted by Crippen LogP contribution is -2.39. The van der Waals surface area contributed by atoms with E-state index in [1.165, 1.54) is 0 Å². The Balaban J connectivity index is 2.69. The Bertz CT molecular complexity index is 180. The summed E-state index contributed by atoms with van der Waals surface area (Å²) in [5.74, 6) is 0. The average Bonchev–Trinajstić information content (AvgIpc) is 2.18. The molecule has 1 aromatic heterocycles. The fourth-order valence-electron chi connectivity index (χ4n) is 0.818. The first kappa shape index (κ1) is 6.29. The standard InChI is InChI=1S/C6H12N3/c1-8-4-2-5-9(8)6-3-7/h2,4-5H,3,6-7H2,1H3/q+1. The van der Waals surface area contributed by atoms with Crippen LogP contribution in [0.3, 0.4) is 0 Å². The second kappa shape index (κ2) is 2.64. The third-order valence-electron chi connectivity index (χ3n) is 1.32. The van der Waals surface area contributed by atoms with Crippen LogP contribution < -0.4 is 10.4 Å². The van der Waals surface area contributed by atoms with Gasteiger partial charge in [-0.25, -0.2) is 0 Å². The zero-order valence-corrected chi connectivity index (χ0v) is 5.62. The largest absolute Gasteiger partial charge is 0.328 e. The molecule has 9 heavy (non-hydrogen) atoms. The van der Waals surface area contributed by atoms with E-state index < -0.39 is 0 Å². The van der Waals surface area contributed by atoms with Crippen LogP contribution in [-0.2, 0) is 13.6 Å². The average molecular weight is 126 g/mol. The molecule has 0 aliphatic rings. The van der Waals surface area contributed by atoms with Crippen molar-refractivity contribution in [2.75, 3.05) is 6.54 Å². The fraction of sp³-hybridized carbons (Fsp3) is 0.500. The van der Waals surface area contributed by atoms with E-state index in [4.69, 9.17) is 5.73 Å². The van der Waals surface area contributed by atoms with Crippen molar-refractivity contribution in [3.05, 3.63) is 18.5 Å². The van der Waals surface area contributed by atoms with Crippen LogP contribution in [0.25, 0.3) is 0 Å². The monoisotopic (exact) mass is 126 g/mol. The van der Waals surface area contributed by atoms with Crippen molar-refractivity contribution in [3.8, 4) is 0 Å². The van der Waals surface area contributed by atoms with Gasteiger partial charge in [0.15, 0.2) is 13.2 Å². The summed E-state index contributed by atoms with van der Waals surface area (Å²) in [7, 11) is 2.00. The number of nitrogens with two attached hydrogens (primary N) is 1. The van der Waals surface area contributed by atoms with Crippen LogP contribution in [0.5, 0.6) is 0 Å². The third kappa shape index (κ3) is 1.29. The van der Waals surface area contributed by atoms with E-state index in [0.29, 0.717) is 6.54 Å². The zero-order chi connectivity index (χ0) is 6.69. The molecule has 0 saturated carbocycles. The summed E-state index contributed by atoms with van der Waals surface area (Å²) in [6, 6.07) is 2.00. The van der Waals surface area contributed by atoms with Gasteiger partial charge in [0.2, 0.25) is 0 Å². The summed E-state index contributed by atoms with van der Waals surface area (Å²) in [6.45, 7) is 1.59. The van der Waals surface area contributed by atoms with E-state index in [1.54, 1.807) is 0 Å². The third-order valence-corrected chi connectivity index (χ3v) is 1.32. The van der Waals surface area contributed by atoms with E-state index in [9.17, 15) is 0 Å². The maximum absolute atomic E-state index is 5.35. The van der Waals surface area contributed by atoms with Gasteiger partial charge in [0, 0.05) is 12.6 Å². The van der Waals surface area contributed by atoms with Gasteiger partial charge in [0.1, 0.15) is 0 Å². The number of aromatic nitrogens is 2. The summed E-state index contributed by atoms with van der Waals surface area (Å²) in [5.41, 5.74) is 5.35. The molecule has 0 fully saturated rings. The molecule has 0 spiro atoms. The molecule has 3 nitrogen and oxygen atoms in total. The lowest BCUT2D eigenvalue weighted by molar-refractivity contribution is -0.753. The molecule has 0 unspecified atom stereocenters. The van der Waals surface area contributed by atoms with Crippen molar-refractivity contribution >= 4 is 0 Å². The van der Waals surface area contributed by atoms with Gasteiger partial charge < -0.3 is 5.73 Å². The second-order valence-electron chi connectivity index (χ2n) is 2.02. The van der Waals surface area contributed by atoms with Crippen molar-refractivity contribution in [1.82, 2.24) is 4.68 Å². The highest BCUT2D eigenvalue weighted by atomic mass is 15.4. The first-order chi connectivity index (χ1) is 4.34. The molecule has 0 radical (unpaired) electrons. The van der Waals surface area contributed by atoms with Crippen LogP contribution in [0, 0.1) is 0 Å². The minimum Gasteiger partial charge on any atom is -0.328 e. The molecule has 0 aliphatic carbocycles. The molecule has 0 bridgehead atoms. The number of hydrogen-bond acceptors (Lipinski definition) is 1. The minimum absolute atomic E-state index is 0.697. The lowest BCUT2D eigenvalue weighted by Gasteiger charge is -1.93. The topological polar surface area (TPSA) is 34.8 Å². The number of hydrogen-bond donors (Lipinski definition) is 1. The molecular weight excluding hydrogens is 114 g/mol. The maximum Gasteiger partial charge on any atom is 0.195 e. The fourth-order valence-corrected chi connectivity index (χ4v) is 0.818. The van der Waals surface area contributed by atoms with Crippen molar-refractivity contribution in [2.45, 2.75) is 6.54 Å². The second-order valence-corrected chi connectivity index (χ2v) is 2.02. The van der Waals surface area contributed by atoms with Crippen LogP contribution in [0.4, 0.5) is 0 Å². The van der Waals surface area contributed by atoms with Crippen molar-refractivity contribution < 1.29 is 4.68 Å². The van der Waals surface area contributed by atoms with Gasteiger partial charge in [-0.2, -0.15) is 4.68 Å². The Labute approximate surface area is 54.7 Å². The molecule has 1 aromatic rings. The molecule has 50 valence electrons. The molecule has 0 atom stereocenters. The molecule has 0 aromatic carbocycles. The van der Waals surface area contributed by atoms with Crippen LogP contribution in [-0.4, -0.2) is 11.2 Å². The number of rotatable bonds is 2. The highest BCUT2D eigenvalue weighted by molar-refractivity contribution is 4.71. The van der Waals surface area contributed by atoms with Gasteiger partial charge in [-0.3, -0.25) is 0 Å². The van der Waals surface area contributed by atoms with Gasteiger partial charge in [-0.05, 0) is 0 Å². The Morgan fingerprint density at radius 2 is 2.44 bits per heavy atom. The molecular formula is C6H12N3+. The van der Waals surface area contributed by atoms with Crippen molar-refractivity contribution in [1.29, 1.82) is 0 Å².